The Morgan fingerprint density at radius 1 is 1.16 bits per heavy atom. The summed E-state index contributed by atoms with van der Waals surface area (Å²) in [5.74, 6) is -0.152. The number of nitrogens with zero attached hydrogens (tertiary/aromatic N) is 1. The second-order valence-electron chi connectivity index (χ2n) is 7.98. The fourth-order valence-electron chi connectivity index (χ4n) is 3.99. The molecule has 3 atom stereocenters. The molecule has 1 fully saturated rings. The summed E-state index contributed by atoms with van der Waals surface area (Å²) < 4.78 is 0. The van der Waals surface area contributed by atoms with Crippen LogP contribution in [0.25, 0.3) is 0 Å². The van der Waals surface area contributed by atoms with Gasteiger partial charge in [0.2, 0.25) is 0 Å². The van der Waals surface area contributed by atoms with Crippen molar-refractivity contribution in [2.75, 3.05) is 7.05 Å². The molecule has 1 amide bonds. The number of rotatable bonds is 9. The van der Waals surface area contributed by atoms with E-state index in [2.05, 4.69) is 5.32 Å². The quantitative estimate of drug-likeness (QED) is 0.467. The minimum absolute atomic E-state index is 0.0534. The van der Waals surface area contributed by atoms with Gasteiger partial charge < -0.3 is 26.1 Å². The van der Waals surface area contributed by atoms with Gasteiger partial charge in [0.1, 0.15) is 0 Å². The first kappa shape index (κ1) is 22.6. The third kappa shape index (κ3) is 5.96. The topological polar surface area (TPSA) is 100 Å². The number of aliphatic hydroxyl groups excluding tert-OH is 1. The molecular weight excluding hydrogens is 388 g/mol. The predicted octanol–water partition coefficient (Wildman–Crippen LogP) is 3.73. The van der Waals surface area contributed by atoms with Gasteiger partial charge in [-0.25, -0.2) is 0 Å². The Bertz CT molecular complexity index is 924. The van der Waals surface area contributed by atoms with E-state index in [1.165, 1.54) is 11.1 Å². The van der Waals surface area contributed by atoms with Crippen molar-refractivity contribution in [3.05, 3.63) is 83.1 Å². The van der Waals surface area contributed by atoms with Gasteiger partial charge in [0, 0.05) is 43.5 Å². The summed E-state index contributed by atoms with van der Waals surface area (Å²) in [5.41, 5.74) is 3.26. The van der Waals surface area contributed by atoms with Crippen LogP contribution in [0, 0.1) is 10.8 Å². The molecule has 1 heterocycles. The lowest BCUT2D eigenvalue weighted by atomic mass is 10.0. The predicted molar refractivity (Wildman–Crippen MR) is 124 cm³/mol. The lowest BCUT2D eigenvalue weighted by molar-refractivity contribution is 0.0849. The summed E-state index contributed by atoms with van der Waals surface area (Å²) in [6.45, 7) is 0. The molecule has 0 aliphatic carbocycles. The summed E-state index contributed by atoms with van der Waals surface area (Å²) in [6.07, 6.45) is 6.57. The highest BCUT2D eigenvalue weighted by molar-refractivity contribution is 5.95. The van der Waals surface area contributed by atoms with E-state index in [-0.39, 0.29) is 11.9 Å². The lowest BCUT2D eigenvalue weighted by Gasteiger charge is -2.20. The molecule has 3 rings (SSSR count). The number of nitrogens with one attached hydrogen (secondary N) is 3. The largest absolute Gasteiger partial charge is 0.387 e. The Morgan fingerprint density at radius 3 is 2.52 bits per heavy atom. The Labute approximate surface area is 183 Å². The minimum atomic E-state index is -0.506. The molecule has 1 saturated heterocycles. The highest BCUT2D eigenvalue weighted by Crippen LogP contribution is 2.26. The van der Waals surface area contributed by atoms with E-state index in [1.807, 2.05) is 54.6 Å². The van der Waals surface area contributed by atoms with E-state index >= 15 is 0 Å². The van der Waals surface area contributed by atoms with Gasteiger partial charge in [-0.3, -0.25) is 4.79 Å². The molecule has 1 aliphatic heterocycles. The van der Waals surface area contributed by atoms with Crippen LogP contribution < -0.4 is 5.32 Å². The zero-order valence-corrected chi connectivity index (χ0v) is 17.8. The Kier molecular flexibility index (Phi) is 7.87. The van der Waals surface area contributed by atoms with Crippen LogP contribution in [-0.2, 0) is 6.42 Å². The molecule has 0 spiro atoms. The molecule has 0 bridgehead atoms. The van der Waals surface area contributed by atoms with Crippen molar-refractivity contribution in [1.82, 2.24) is 10.2 Å². The summed E-state index contributed by atoms with van der Waals surface area (Å²) in [4.78, 5) is 14.1. The van der Waals surface area contributed by atoms with Gasteiger partial charge in [-0.15, -0.1) is 0 Å². The van der Waals surface area contributed by atoms with Gasteiger partial charge in [-0.2, -0.15) is 0 Å². The fourth-order valence-corrected chi connectivity index (χ4v) is 3.99. The Hall–Kier alpha value is -3.09. The zero-order valence-electron chi connectivity index (χ0n) is 17.8. The van der Waals surface area contributed by atoms with Crippen LogP contribution in [0.15, 0.2) is 66.4 Å². The lowest BCUT2D eigenvalue weighted by Crippen LogP contribution is -2.35. The molecular formula is C25H30N4O2. The van der Waals surface area contributed by atoms with Crippen molar-refractivity contribution in [2.24, 2.45) is 0 Å². The Morgan fingerprint density at radius 2 is 1.87 bits per heavy atom. The molecule has 31 heavy (non-hydrogen) atoms. The van der Waals surface area contributed by atoms with Crippen LogP contribution in [0.4, 0.5) is 0 Å². The van der Waals surface area contributed by atoms with Crippen LogP contribution >= 0.6 is 0 Å². The first-order valence-corrected chi connectivity index (χ1v) is 10.6. The van der Waals surface area contributed by atoms with Gasteiger partial charge in [0.25, 0.3) is 5.91 Å². The normalized spacial score (nSPS) is 19.6. The van der Waals surface area contributed by atoms with Gasteiger partial charge in [-0.05, 0) is 54.3 Å². The van der Waals surface area contributed by atoms with Crippen molar-refractivity contribution < 1.29 is 9.90 Å². The SMILES string of the molecule is CN(/C=C(/C=N)CC=N)C(=O)c1ccc(CC2CCC(C(O)c3ccccc3)N2)cc1. The van der Waals surface area contributed by atoms with E-state index in [0.29, 0.717) is 23.6 Å². The van der Waals surface area contributed by atoms with Crippen LogP contribution in [-0.4, -0.2) is 47.5 Å². The monoisotopic (exact) mass is 418 g/mol. The highest BCUT2D eigenvalue weighted by atomic mass is 16.3. The minimum Gasteiger partial charge on any atom is -0.387 e. The van der Waals surface area contributed by atoms with Gasteiger partial charge in [0.05, 0.1) is 6.10 Å². The van der Waals surface area contributed by atoms with E-state index in [1.54, 1.807) is 13.2 Å². The van der Waals surface area contributed by atoms with E-state index in [4.69, 9.17) is 10.8 Å². The zero-order chi connectivity index (χ0) is 22.2. The number of benzene rings is 2. The van der Waals surface area contributed by atoms with E-state index < -0.39 is 6.10 Å². The van der Waals surface area contributed by atoms with Crippen LogP contribution in [0.3, 0.4) is 0 Å². The number of allylic oxidation sites excluding steroid dienone is 1. The number of carbonyl (C=O) groups excluding carboxylic acids is 1. The van der Waals surface area contributed by atoms with Crippen molar-refractivity contribution in [3.8, 4) is 0 Å². The molecule has 0 aromatic heterocycles. The second-order valence-corrected chi connectivity index (χ2v) is 7.98. The molecule has 0 radical (unpaired) electrons. The maximum atomic E-state index is 12.6. The molecule has 4 N–H and O–H groups in total. The average molecular weight is 419 g/mol. The Balaban J connectivity index is 1.56. The third-order valence-electron chi connectivity index (χ3n) is 5.68. The third-order valence-corrected chi connectivity index (χ3v) is 5.68. The molecule has 162 valence electrons. The number of amides is 1. The highest BCUT2D eigenvalue weighted by Gasteiger charge is 2.29. The van der Waals surface area contributed by atoms with Crippen LogP contribution in [0.2, 0.25) is 0 Å². The molecule has 0 saturated carbocycles. The number of hydrogen-bond acceptors (Lipinski definition) is 5. The van der Waals surface area contributed by atoms with Crippen molar-refractivity contribution in [1.29, 1.82) is 10.8 Å². The average Bonchev–Trinajstić information content (AvgIpc) is 3.27. The second kappa shape index (κ2) is 10.8. The summed E-state index contributed by atoms with van der Waals surface area (Å²) in [7, 11) is 1.66. The summed E-state index contributed by atoms with van der Waals surface area (Å²) in [6, 6.07) is 17.7. The van der Waals surface area contributed by atoms with E-state index in [0.717, 1.165) is 36.6 Å². The molecule has 2 aromatic carbocycles. The van der Waals surface area contributed by atoms with Gasteiger partial charge >= 0.3 is 0 Å². The first-order chi connectivity index (χ1) is 15.0. The van der Waals surface area contributed by atoms with Crippen LogP contribution in [0.1, 0.15) is 46.9 Å². The molecule has 6 nitrogen and oxygen atoms in total. The smallest absolute Gasteiger partial charge is 0.257 e. The van der Waals surface area contributed by atoms with Crippen molar-refractivity contribution in [2.45, 2.75) is 43.9 Å². The van der Waals surface area contributed by atoms with Gasteiger partial charge in [0.15, 0.2) is 0 Å². The molecule has 6 heteroatoms. The number of carbonyl (C=O) groups is 1. The van der Waals surface area contributed by atoms with E-state index in [9.17, 15) is 9.90 Å². The molecule has 1 aliphatic rings. The maximum Gasteiger partial charge on any atom is 0.257 e. The summed E-state index contributed by atoms with van der Waals surface area (Å²) in [5, 5.41) is 28.7. The van der Waals surface area contributed by atoms with Gasteiger partial charge in [-0.1, -0.05) is 42.5 Å². The first-order valence-electron chi connectivity index (χ1n) is 10.6. The van der Waals surface area contributed by atoms with Crippen molar-refractivity contribution >= 4 is 18.3 Å². The number of hydrogen-bond donors (Lipinski definition) is 4. The van der Waals surface area contributed by atoms with Crippen LogP contribution in [0.5, 0.6) is 0 Å². The standard InChI is InChI=1S/C25H30N4O2/c1-29(17-19(16-27)13-14-26)25(31)21-9-7-18(8-10-21)15-22-11-12-23(28-22)24(30)20-5-3-2-4-6-20/h2-10,14,16-17,22-24,26-28,30H,11-13,15H2,1H3/b19-17+,26-14?,27-16?. The van der Waals surface area contributed by atoms with Crippen molar-refractivity contribution in [3.63, 3.8) is 0 Å². The molecule has 3 unspecified atom stereocenters. The maximum absolute atomic E-state index is 12.6. The molecule has 2 aromatic rings. The summed E-state index contributed by atoms with van der Waals surface area (Å²) >= 11 is 0. The number of aliphatic hydroxyl groups is 1. The fraction of sp³-hybridized carbons (Fsp3) is 0.320.